The van der Waals surface area contributed by atoms with Gasteiger partial charge in [0.1, 0.15) is 12.7 Å². The number of hydrogen-bond acceptors (Lipinski definition) is 4. The summed E-state index contributed by atoms with van der Waals surface area (Å²) in [6, 6.07) is 12.0. The molecule has 4 aromatic rings. The van der Waals surface area contributed by atoms with Crippen LogP contribution in [0.1, 0.15) is 46.9 Å². The molecule has 0 saturated carbocycles. The summed E-state index contributed by atoms with van der Waals surface area (Å²) in [7, 11) is 0. The lowest BCUT2D eigenvalue weighted by atomic mass is 9.93. The van der Waals surface area contributed by atoms with Crippen molar-refractivity contribution in [3.63, 3.8) is 0 Å². The summed E-state index contributed by atoms with van der Waals surface area (Å²) in [4.78, 5) is 15.4. The number of aromatic nitrogens is 5. The lowest BCUT2D eigenvalue weighted by Crippen LogP contribution is -2.39. The Labute approximate surface area is 193 Å². The van der Waals surface area contributed by atoms with E-state index in [1.54, 1.807) is 35.6 Å². The summed E-state index contributed by atoms with van der Waals surface area (Å²) in [5.74, 6) is -0.118. The maximum absolute atomic E-state index is 13.6. The number of alkyl halides is 3. The third-order valence-electron chi connectivity index (χ3n) is 6.10. The van der Waals surface area contributed by atoms with E-state index in [1.807, 2.05) is 17.0 Å². The summed E-state index contributed by atoms with van der Waals surface area (Å²) >= 11 is 0. The van der Waals surface area contributed by atoms with Crippen molar-refractivity contribution < 1.29 is 18.0 Å². The van der Waals surface area contributed by atoms with Crippen LogP contribution in [0.25, 0.3) is 16.8 Å². The Hall–Kier alpha value is -3.95. The van der Waals surface area contributed by atoms with Gasteiger partial charge in [0.05, 0.1) is 23.5 Å². The van der Waals surface area contributed by atoms with Crippen molar-refractivity contribution >= 4 is 5.91 Å². The zero-order valence-electron chi connectivity index (χ0n) is 18.0. The van der Waals surface area contributed by atoms with Crippen molar-refractivity contribution in [1.29, 1.82) is 0 Å². The monoisotopic (exact) mass is 466 g/mol. The highest BCUT2D eigenvalue weighted by atomic mass is 19.4. The number of piperidine rings is 1. The van der Waals surface area contributed by atoms with Gasteiger partial charge in [-0.05, 0) is 55.2 Å². The van der Waals surface area contributed by atoms with Crippen molar-refractivity contribution in [3.8, 4) is 16.8 Å². The first-order valence-corrected chi connectivity index (χ1v) is 10.9. The molecular formula is C24H21F3N6O. The highest BCUT2D eigenvalue weighted by Crippen LogP contribution is 2.37. The van der Waals surface area contributed by atoms with Crippen LogP contribution in [-0.4, -0.2) is 42.3 Å². The molecule has 174 valence electrons. The molecular weight excluding hydrogens is 445 g/mol. The largest absolute Gasteiger partial charge is 0.416 e. The Morgan fingerprint density at radius 1 is 1.03 bits per heavy atom. The predicted octanol–water partition coefficient (Wildman–Crippen LogP) is 5.04. The van der Waals surface area contributed by atoms with E-state index in [1.165, 1.54) is 12.1 Å². The van der Waals surface area contributed by atoms with E-state index in [9.17, 15) is 18.0 Å². The van der Waals surface area contributed by atoms with Crippen LogP contribution in [0, 0.1) is 0 Å². The number of amides is 1. The summed E-state index contributed by atoms with van der Waals surface area (Å²) in [6.07, 6.45) is 2.86. The number of halogens is 3. The minimum absolute atomic E-state index is 0.118. The second-order valence-electron chi connectivity index (χ2n) is 8.20. The number of aromatic amines is 1. The van der Waals surface area contributed by atoms with Crippen molar-refractivity contribution in [3.05, 3.63) is 84.2 Å². The number of nitrogens with one attached hydrogen (secondary N) is 1. The first-order valence-electron chi connectivity index (χ1n) is 10.9. The van der Waals surface area contributed by atoms with E-state index in [4.69, 9.17) is 0 Å². The van der Waals surface area contributed by atoms with E-state index in [2.05, 4.69) is 20.4 Å². The van der Waals surface area contributed by atoms with E-state index in [-0.39, 0.29) is 11.9 Å². The van der Waals surface area contributed by atoms with Crippen molar-refractivity contribution in [2.75, 3.05) is 6.54 Å². The molecule has 1 N–H and O–H groups in total. The average Bonchev–Trinajstić information content (AvgIpc) is 3.56. The van der Waals surface area contributed by atoms with Gasteiger partial charge in [-0.2, -0.15) is 18.3 Å². The van der Waals surface area contributed by atoms with Crippen LogP contribution < -0.4 is 0 Å². The molecule has 0 spiro atoms. The van der Waals surface area contributed by atoms with Gasteiger partial charge in [-0.25, -0.2) is 0 Å². The topological polar surface area (TPSA) is 79.7 Å². The van der Waals surface area contributed by atoms with Crippen LogP contribution in [0.15, 0.2) is 67.4 Å². The van der Waals surface area contributed by atoms with Crippen LogP contribution in [0.3, 0.4) is 0 Å². The quantitative estimate of drug-likeness (QED) is 0.457. The van der Waals surface area contributed by atoms with Crippen molar-refractivity contribution in [2.45, 2.75) is 31.5 Å². The molecule has 3 heterocycles. The Morgan fingerprint density at radius 2 is 1.79 bits per heavy atom. The minimum Gasteiger partial charge on any atom is -0.330 e. The molecule has 1 saturated heterocycles. The van der Waals surface area contributed by atoms with Crippen LogP contribution >= 0.6 is 0 Å². The van der Waals surface area contributed by atoms with Gasteiger partial charge in [-0.3, -0.25) is 14.5 Å². The SMILES string of the molecule is O=C(c1cccc(-n2cnnc2)c1)N1CCCCC1c1[nH]ncc1-c1ccc(C(F)(F)F)cc1. The number of H-pyrrole nitrogens is 1. The smallest absolute Gasteiger partial charge is 0.330 e. The summed E-state index contributed by atoms with van der Waals surface area (Å²) in [5.41, 5.74) is 2.64. The molecule has 10 heteroatoms. The van der Waals surface area contributed by atoms with Crippen LogP contribution in [0.2, 0.25) is 0 Å². The van der Waals surface area contributed by atoms with E-state index < -0.39 is 11.7 Å². The molecule has 1 amide bonds. The molecule has 5 rings (SSSR count). The molecule has 1 unspecified atom stereocenters. The van der Waals surface area contributed by atoms with Gasteiger partial charge in [0.15, 0.2) is 0 Å². The highest BCUT2D eigenvalue weighted by molar-refractivity contribution is 5.95. The molecule has 0 radical (unpaired) electrons. The van der Waals surface area contributed by atoms with Gasteiger partial charge in [0.25, 0.3) is 5.91 Å². The van der Waals surface area contributed by atoms with Gasteiger partial charge in [0, 0.05) is 23.4 Å². The number of hydrogen-bond donors (Lipinski definition) is 1. The average molecular weight is 466 g/mol. The third kappa shape index (κ3) is 4.18. The van der Waals surface area contributed by atoms with Gasteiger partial charge in [0.2, 0.25) is 0 Å². The molecule has 0 aliphatic carbocycles. The molecule has 1 aliphatic rings. The van der Waals surface area contributed by atoms with E-state index in [0.717, 1.165) is 42.8 Å². The first kappa shape index (κ1) is 21.9. The summed E-state index contributed by atoms with van der Waals surface area (Å²) in [6.45, 7) is 0.575. The molecule has 2 aromatic heterocycles. The molecule has 34 heavy (non-hydrogen) atoms. The van der Waals surface area contributed by atoms with Crippen molar-refractivity contribution in [1.82, 2.24) is 29.9 Å². The Morgan fingerprint density at radius 3 is 2.53 bits per heavy atom. The predicted molar refractivity (Wildman–Crippen MR) is 118 cm³/mol. The number of rotatable bonds is 4. The maximum Gasteiger partial charge on any atom is 0.416 e. The fourth-order valence-corrected chi connectivity index (χ4v) is 4.39. The first-order chi connectivity index (χ1) is 16.4. The lowest BCUT2D eigenvalue weighted by Gasteiger charge is -2.36. The second-order valence-corrected chi connectivity index (χ2v) is 8.20. The maximum atomic E-state index is 13.6. The van der Waals surface area contributed by atoms with Gasteiger partial charge in [-0.1, -0.05) is 18.2 Å². The second kappa shape index (κ2) is 8.77. The fourth-order valence-electron chi connectivity index (χ4n) is 4.39. The van der Waals surface area contributed by atoms with Crippen LogP contribution in [-0.2, 0) is 6.18 Å². The van der Waals surface area contributed by atoms with Gasteiger partial charge in [-0.15, -0.1) is 10.2 Å². The Kier molecular flexibility index (Phi) is 5.64. The minimum atomic E-state index is -4.40. The molecule has 1 atom stereocenters. The van der Waals surface area contributed by atoms with Crippen LogP contribution in [0.5, 0.6) is 0 Å². The van der Waals surface area contributed by atoms with Gasteiger partial charge >= 0.3 is 6.18 Å². The number of likely N-dealkylation sites (tertiary alicyclic amines) is 1. The van der Waals surface area contributed by atoms with E-state index in [0.29, 0.717) is 23.2 Å². The normalized spacial score (nSPS) is 16.6. The summed E-state index contributed by atoms with van der Waals surface area (Å²) in [5, 5.41) is 14.8. The zero-order valence-corrected chi connectivity index (χ0v) is 18.0. The zero-order chi connectivity index (χ0) is 23.7. The number of carbonyl (C=O) groups is 1. The highest BCUT2D eigenvalue weighted by Gasteiger charge is 2.33. The standard InChI is InChI=1S/C24H21F3N6O/c25-24(26,27)18-9-7-16(8-10-18)20-13-28-31-22(20)21-6-1-2-11-33(21)23(34)17-4-3-5-19(12-17)32-14-29-30-15-32/h3-5,7-10,12-15,21H,1-2,6,11H2,(H,28,31). The van der Waals surface area contributed by atoms with Gasteiger partial charge < -0.3 is 4.90 Å². The lowest BCUT2D eigenvalue weighted by molar-refractivity contribution is -0.137. The molecule has 0 bridgehead atoms. The van der Waals surface area contributed by atoms with E-state index >= 15 is 0 Å². The summed E-state index contributed by atoms with van der Waals surface area (Å²) < 4.78 is 40.7. The van der Waals surface area contributed by atoms with Crippen LogP contribution in [0.4, 0.5) is 13.2 Å². The van der Waals surface area contributed by atoms with Crippen molar-refractivity contribution in [2.24, 2.45) is 0 Å². The Balaban J connectivity index is 1.45. The molecule has 7 nitrogen and oxygen atoms in total. The molecule has 1 aliphatic heterocycles. The molecule has 1 fully saturated rings. The number of carbonyl (C=O) groups excluding carboxylic acids is 1. The third-order valence-corrected chi connectivity index (χ3v) is 6.10. The fraction of sp³-hybridized carbons (Fsp3) is 0.250. The number of nitrogens with zero attached hydrogens (tertiary/aromatic N) is 5. The number of benzene rings is 2. The molecule has 2 aromatic carbocycles. The Bertz CT molecular complexity index is 1280.